The number of rotatable bonds is 6. The van der Waals surface area contributed by atoms with Gasteiger partial charge in [-0.2, -0.15) is 5.10 Å². The van der Waals surface area contributed by atoms with Crippen LogP contribution >= 0.6 is 15.9 Å². The van der Waals surface area contributed by atoms with Crippen molar-refractivity contribution in [1.29, 1.82) is 0 Å². The minimum Gasteiger partial charge on any atom is -0.485 e. The van der Waals surface area contributed by atoms with E-state index in [0.717, 1.165) is 22.9 Å². The quantitative estimate of drug-likeness (QED) is 0.748. The molecule has 1 aromatic heterocycles. The normalized spacial score (nSPS) is 12.2. The van der Waals surface area contributed by atoms with Crippen LogP contribution in [0.1, 0.15) is 42.4 Å². The summed E-state index contributed by atoms with van der Waals surface area (Å²) < 4.78 is 8.41. The van der Waals surface area contributed by atoms with Crippen LogP contribution in [-0.2, 0) is 6.61 Å². The molecule has 2 rings (SSSR count). The Balaban J connectivity index is 2.09. The van der Waals surface area contributed by atoms with E-state index in [1.165, 1.54) is 0 Å². The second kappa shape index (κ2) is 6.70. The Bertz CT molecular complexity index is 595. The number of aldehydes is 1. The second-order valence-corrected chi connectivity index (χ2v) is 5.46. The zero-order valence-corrected chi connectivity index (χ0v) is 13.1. The summed E-state index contributed by atoms with van der Waals surface area (Å²) in [5, 5.41) is 4.47. The Morgan fingerprint density at radius 1 is 1.45 bits per heavy atom. The van der Waals surface area contributed by atoms with Crippen LogP contribution in [-0.4, -0.2) is 16.1 Å². The van der Waals surface area contributed by atoms with E-state index in [-0.39, 0.29) is 0 Å². The number of hydrogen-bond donors (Lipinski definition) is 0. The fourth-order valence-electron chi connectivity index (χ4n) is 1.80. The predicted octanol–water partition coefficient (Wildman–Crippen LogP) is 4.01. The van der Waals surface area contributed by atoms with Crippen LogP contribution < -0.4 is 4.74 Å². The topological polar surface area (TPSA) is 44.1 Å². The molecule has 0 radical (unpaired) electrons. The average molecular weight is 337 g/mol. The van der Waals surface area contributed by atoms with E-state index in [1.807, 2.05) is 23.0 Å². The number of carbonyl (C=O) groups is 1. The molecular weight excluding hydrogens is 320 g/mol. The van der Waals surface area contributed by atoms with Gasteiger partial charge in [0.15, 0.2) is 6.29 Å². The fourth-order valence-corrected chi connectivity index (χ4v) is 2.30. The molecule has 0 fully saturated rings. The molecular formula is C15H17BrN2O2. The van der Waals surface area contributed by atoms with Crippen molar-refractivity contribution in [3.63, 3.8) is 0 Å². The number of ether oxygens (including phenoxy) is 1. The number of para-hydroxylation sites is 1. The lowest BCUT2D eigenvalue weighted by molar-refractivity contribution is 0.111. The van der Waals surface area contributed by atoms with Crippen molar-refractivity contribution in [3.8, 4) is 5.75 Å². The predicted molar refractivity (Wildman–Crippen MR) is 81.1 cm³/mol. The van der Waals surface area contributed by atoms with E-state index in [1.54, 1.807) is 12.1 Å². The van der Waals surface area contributed by atoms with Gasteiger partial charge in [-0.25, -0.2) is 0 Å². The molecule has 0 aliphatic carbocycles. The van der Waals surface area contributed by atoms with Crippen LogP contribution in [0.3, 0.4) is 0 Å². The maximum Gasteiger partial charge on any atom is 0.153 e. The van der Waals surface area contributed by atoms with Gasteiger partial charge in [0.05, 0.1) is 15.7 Å². The van der Waals surface area contributed by atoms with Crippen molar-refractivity contribution in [3.05, 3.63) is 46.2 Å². The summed E-state index contributed by atoms with van der Waals surface area (Å²) in [5.41, 5.74) is 1.37. The third kappa shape index (κ3) is 3.28. The monoisotopic (exact) mass is 336 g/mol. The lowest BCUT2D eigenvalue weighted by atomic mass is 10.2. The maximum absolute atomic E-state index is 11.0. The highest BCUT2D eigenvalue weighted by molar-refractivity contribution is 9.10. The van der Waals surface area contributed by atoms with E-state index >= 15 is 0 Å². The van der Waals surface area contributed by atoms with Gasteiger partial charge in [-0.1, -0.05) is 13.0 Å². The first-order valence-electron chi connectivity index (χ1n) is 6.56. The highest BCUT2D eigenvalue weighted by Crippen LogP contribution is 2.28. The van der Waals surface area contributed by atoms with Gasteiger partial charge in [0, 0.05) is 12.2 Å². The van der Waals surface area contributed by atoms with Gasteiger partial charge in [0.25, 0.3) is 0 Å². The molecule has 0 aliphatic heterocycles. The van der Waals surface area contributed by atoms with Crippen molar-refractivity contribution >= 4 is 22.2 Å². The van der Waals surface area contributed by atoms with Gasteiger partial charge in [0.2, 0.25) is 0 Å². The molecule has 1 unspecified atom stereocenters. The third-order valence-corrected chi connectivity index (χ3v) is 3.82. The molecule has 20 heavy (non-hydrogen) atoms. The van der Waals surface area contributed by atoms with Crippen LogP contribution in [0.5, 0.6) is 5.75 Å². The molecule has 1 atom stereocenters. The maximum atomic E-state index is 11.0. The molecule has 0 aliphatic rings. The molecule has 2 aromatic rings. The second-order valence-electron chi connectivity index (χ2n) is 4.61. The summed E-state index contributed by atoms with van der Waals surface area (Å²) in [6.07, 6.45) is 3.77. The number of carbonyl (C=O) groups excluding carboxylic acids is 1. The van der Waals surface area contributed by atoms with E-state index in [0.29, 0.717) is 24.0 Å². The molecule has 1 aromatic carbocycles. The van der Waals surface area contributed by atoms with Crippen molar-refractivity contribution in [2.75, 3.05) is 0 Å². The summed E-state index contributed by atoms with van der Waals surface area (Å²) in [5.74, 6) is 0.556. The highest BCUT2D eigenvalue weighted by atomic mass is 79.9. The van der Waals surface area contributed by atoms with Crippen LogP contribution in [0.4, 0.5) is 0 Å². The van der Waals surface area contributed by atoms with Crippen LogP contribution in [0.15, 0.2) is 34.9 Å². The van der Waals surface area contributed by atoms with Gasteiger partial charge in [-0.3, -0.25) is 9.48 Å². The van der Waals surface area contributed by atoms with Crippen LogP contribution in [0.25, 0.3) is 0 Å². The fraction of sp³-hybridized carbons (Fsp3) is 0.333. The Morgan fingerprint density at radius 2 is 2.25 bits per heavy atom. The zero-order chi connectivity index (χ0) is 14.5. The van der Waals surface area contributed by atoms with Gasteiger partial charge < -0.3 is 4.74 Å². The standard InChI is InChI=1S/C15H17BrN2O2/c1-3-11(2)18-8-7-13(17-18)10-20-15-12(9-19)5-4-6-14(15)16/h4-9,11H,3,10H2,1-2H3. The van der Waals surface area contributed by atoms with E-state index < -0.39 is 0 Å². The summed E-state index contributed by atoms with van der Waals surface area (Å²) >= 11 is 3.39. The Labute approximate surface area is 126 Å². The zero-order valence-electron chi connectivity index (χ0n) is 11.5. The Hall–Kier alpha value is -1.62. The molecule has 0 saturated heterocycles. The molecule has 0 spiro atoms. The van der Waals surface area contributed by atoms with Crippen molar-refractivity contribution in [2.24, 2.45) is 0 Å². The summed E-state index contributed by atoms with van der Waals surface area (Å²) in [6.45, 7) is 4.59. The summed E-state index contributed by atoms with van der Waals surface area (Å²) in [6, 6.07) is 7.69. The minimum atomic E-state index is 0.340. The molecule has 0 bridgehead atoms. The largest absolute Gasteiger partial charge is 0.485 e. The summed E-state index contributed by atoms with van der Waals surface area (Å²) in [4.78, 5) is 11.0. The smallest absolute Gasteiger partial charge is 0.153 e. The van der Waals surface area contributed by atoms with Crippen molar-refractivity contribution < 1.29 is 9.53 Å². The van der Waals surface area contributed by atoms with Crippen LogP contribution in [0, 0.1) is 0 Å². The van der Waals surface area contributed by atoms with Gasteiger partial charge >= 0.3 is 0 Å². The first-order chi connectivity index (χ1) is 9.65. The molecule has 0 N–H and O–H groups in total. The lowest BCUT2D eigenvalue weighted by Gasteiger charge is -2.10. The van der Waals surface area contributed by atoms with E-state index in [9.17, 15) is 4.79 Å². The minimum absolute atomic E-state index is 0.340. The SMILES string of the molecule is CCC(C)n1ccc(COc2c(Br)cccc2C=O)n1. The summed E-state index contributed by atoms with van der Waals surface area (Å²) in [7, 11) is 0. The number of hydrogen-bond acceptors (Lipinski definition) is 3. The Morgan fingerprint density at radius 3 is 2.95 bits per heavy atom. The number of nitrogens with zero attached hydrogens (tertiary/aromatic N) is 2. The molecule has 5 heteroatoms. The molecule has 4 nitrogen and oxygen atoms in total. The first-order valence-corrected chi connectivity index (χ1v) is 7.35. The van der Waals surface area contributed by atoms with E-state index in [4.69, 9.17) is 4.74 Å². The Kier molecular flexibility index (Phi) is 4.95. The van der Waals surface area contributed by atoms with Crippen molar-refractivity contribution in [2.45, 2.75) is 32.9 Å². The van der Waals surface area contributed by atoms with Crippen molar-refractivity contribution in [1.82, 2.24) is 9.78 Å². The molecule has 1 heterocycles. The first kappa shape index (κ1) is 14.8. The highest BCUT2D eigenvalue weighted by Gasteiger charge is 2.09. The van der Waals surface area contributed by atoms with Gasteiger partial charge in [-0.15, -0.1) is 0 Å². The van der Waals surface area contributed by atoms with Gasteiger partial charge in [0.1, 0.15) is 12.4 Å². The van der Waals surface area contributed by atoms with Crippen LogP contribution in [0.2, 0.25) is 0 Å². The van der Waals surface area contributed by atoms with Gasteiger partial charge in [-0.05, 0) is 47.5 Å². The molecule has 106 valence electrons. The molecule has 0 saturated carbocycles. The lowest BCUT2D eigenvalue weighted by Crippen LogP contribution is -2.06. The number of halogens is 1. The molecule has 0 amide bonds. The number of aromatic nitrogens is 2. The van der Waals surface area contributed by atoms with E-state index in [2.05, 4.69) is 34.9 Å². The third-order valence-electron chi connectivity index (χ3n) is 3.19. The number of benzene rings is 1. The average Bonchev–Trinajstić information content (AvgIpc) is 2.93.